The highest BCUT2D eigenvalue weighted by molar-refractivity contribution is 5.99. The number of hydrogen-bond donors (Lipinski definition) is 1. The van der Waals surface area contributed by atoms with Gasteiger partial charge in [0, 0.05) is 43.2 Å². The topological polar surface area (TPSA) is 75.2 Å². The van der Waals surface area contributed by atoms with Gasteiger partial charge in [0.1, 0.15) is 5.82 Å². The van der Waals surface area contributed by atoms with Crippen LogP contribution in [-0.4, -0.2) is 33.7 Å². The van der Waals surface area contributed by atoms with E-state index in [0.29, 0.717) is 12.2 Å². The fourth-order valence-corrected chi connectivity index (χ4v) is 2.38. The molecule has 0 spiro atoms. The molecule has 1 aromatic carbocycles. The number of benzene rings is 1. The number of rotatable bonds is 7. The molecular weight excluding hydrogens is 328 g/mol. The van der Waals surface area contributed by atoms with E-state index in [0.717, 1.165) is 17.0 Å². The van der Waals surface area contributed by atoms with Gasteiger partial charge >= 0.3 is 0 Å². The number of nitrogens with zero attached hydrogens (tertiary/aromatic N) is 3. The van der Waals surface area contributed by atoms with Gasteiger partial charge in [0.2, 0.25) is 11.8 Å². The lowest BCUT2D eigenvalue weighted by Gasteiger charge is -2.18. The second kappa shape index (κ2) is 8.89. The Morgan fingerprint density at radius 1 is 1.23 bits per heavy atom. The van der Waals surface area contributed by atoms with Crippen molar-refractivity contribution >= 4 is 17.5 Å². The third kappa shape index (κ3) is 5.24. The second-order valence-electron chi connectivity index (χ2n) is 6.38. The second-order valence-corrected chi connectivity index (χ2v) is 6.38. The van der Waals surface area contributed by atoms with Crippen LogP contribution in [0.4, 0.5) is 5.69 Å². The predicted octanol–water partition coefficient (Wildman–Crippen LogP) is 2.93. The Kier molecular flexibility index (Phi) is 6.60. The number of aromatic nitrogens is 2. The van der Waals surface area contributed by atoms with Crippen molar-refractivity contribution in [3.63, 3.8) is 0 Å². The molecule has 2 aromatic rings. The van der Waals surface area contributed by atoms with Gasteiger partial charge in [-0.25, -0.2) is 9.97 Å². The molecule has 0 aliphatic rings. The molecule has 2 rings (SSSR count). The van der Waals surface area contributed by atoms with E-state index in [1.165, 1.54) is 6.08 Å². The van der Waals surface area contributed by atoms with Gasteiger partial charge in [-0.2, -0.15) is 0 Å². The third-order valence-electron chi connectivity index (χ3n) is 3.89. The average Bonchev–Trinajstić information content (AvgIpc) is 2.63. The molecule has 0 aliphatic carbocycles. The average molecular weight is 352 g/mol. The van der Waals surface area contributed by atoms with Crippen LogP contribution < -0.4 is 5.32 Å². The smallest absolute Gasteiger partial charge is 0.247 e. The number of amides is 2. The first-order valence-electron chi connectivity index (χ1n) is 8.46. The fourth-order valence-electron chi connectivity index (χ4n) is 2.38. The van der Waals surface area contributed by atoms with Crippen LogP contribution in [0.15, 0.2) is 49.3 Å². The molecular formula is C20H24N4O2. The molecule has 0 bridgehead atoms. The molecule has 0 saturated heterocycles. The zero-order chi connectivity index (χ0) is 19.1. The first kappa shape index (κ1) is 19.3. The molecule has 1 heterocycles. The summed E-state index contributed by atoms with van der Waals surface area (Å²) < 4.78 is 0. The number of anilines is 1. The maximum atomic E-state index is 12.6. The molecule has 26 heavy (non-hydrogen) atoms. The van der Waals surface area contributed by atoms with E-state index in [1.54, 1.807) is 30.4 Å². The van der Waals surface area contributed by atoms with Crippen LogP contribution in [0.5, 0.6) is 0 Å². The quantitative estimate of drug-likeness (QED) is 0.778. The molecule has 136 valence electrons. The van der Waals surface area contributed by atoms with E-state index < -0.39 is 0 Å². The predicted molar refractivity (Wildman–Crippen MR) is 102 cm³/mol. The molecule has 0 aliphatic heterocycles. The summed E-state index contributed by atoms with van der Waals surface area (Å²) in [5.74, 6) is 0.694. The molecule has 0 atom stereocenters. The van der Waals surface area contributed by atoms with Gasteiger partial charge in [0.05, 0.1) is 6.42 Å². The first-order valence-corrected chi connectivity index (χ1v) is 8.46. The Bertz CT molecular complexity index is 785. The van der Waals surface area contributed by atoms with Crippen LogP contribution >= 0.6 is 0 Å². The van der Waals surface area contributed by atoms with E-state index in [-0.39, 0.29) is 24.2 Å². The monoisotopic (exact) mass is 352 g/mol. The largest absolute Gasteiger partial charge is 0.341 e. The van der Waals surface area contributed by atoms with E-state index in [4.69, 9.17) is 0 Å². The molecule has 0 fully saturated rings. The van der Waals surface area contributed by atoms with Crippen molar-refractivity contribution in [2.75, 3.05) is 12.4 Å². The Morgan fingerprint density at radius 2 is 1.88 bits per heavy atom. The van der Waals surface area contributed by atoms with Crippen molar-refractivity contribution < 1.29 is 9.59 Å². The molecule has 0 radical (unpaired) electrons. The Balaban J connectivity index is 2.03. The summed E-state index contributed by atoms with van der Waals surface area (Å²) >= 11 is 0. The van der Waals surface area contributed by atoms with Crippen LogP contribution in [0.25, 0.3) is 0 Å². The molecule has 2 amide bonds. The minimum Gasteiger partial charge on any atom is -0.341 e. The zero-order valence-electron chi connectivity index (χ0n) is 15.4. The van der Waals surface area contributed by atoms with Crippen molar-refractivity contribution in [3.8, 4) is 0 Å². The highest BCUT2D eigenvalue weighted by Gasteiger charge is 2.14. The van der Waals surface area contributed by atoms with Gasteiger partial charge in [-0.15, -0.1) is 0 Å². The van der Waals surface area contributed by atoms with Crippen LogP contribution in [-0.2, 0) is 22.6 Å². The number of carbonyl (C=O) groups excluding carboxylic acids is 2. The summed E-state index contributed by atoms with van der Waals surface area (Å²) in [7, 11) is 1.74. The van der Waals surface area contributed by atoms with Crippen molar-refractivity contribution in [2.45, 2.75) is 32.7 Å². The van der Waals surface area contributed by atoms with Crippen molar-refractivity contribution in [1.82, 2.24) is 14.9 Å². The number of carbonyl (C=O) groups is 2. The molecule has 6 heteroatoms. The minimum atomic E-state index is -0.305. The number of nitrogens with one attached hydrogen (secondary N) is 1. The van der Waals surface area contributed by atoms with Gasteiger partial charge < -0.3 is 10.2 Å². The van der Waals surface area contributed by atoms with Gasteiger partial charge in [0.15, 0.2) is 0 Å². The summed E-state index contributed by atoms with van der Waals surface area (Å²) in [5, 5.41) is 2.72. The third-order valence-corrected chi connectivity index (χ3v) is 3.89. The summed E-state index contributed by atoms with van der Waals surface area (Å²) in [4.78, 5) is 34.4. The van der Waals surface area contributed by atoms with Crippen molar-refractivity contribution in [1.29, 1.82) is 0 Å². The van der Waals surface area contributed by atoms with E-state index in [9.17, 15) is 9.59 Å². The molecule has 0 saturated carbocycles. The summed E-state index contributed by atoms with van der Waals surface area (Å²) in [5.41, 5.74) is 2.24. The minimum absolute atomic E-state index is 0.0572. The summed E-state index contributed by atoms with van der Waals surface area (Å²) in [6, 6.07) is 7.24. The number of hydrogen-bond acceptors (Lipinski definition) is 4. The molecule has 0 unspecified atom stereocenters. The van der Waals surface area contributed by atoms with Crippen molar-refractivity contribution in [2.24, 2.45) is 0 Å². The van der Waals surface area contributed by atoms with E-state index in [1.807, 2.05) is 32.0 Å². The first-order chi connectivity index (χ1) is 12.4. The maximum absolute atomic E-state index is 12.6. The van der Waals surface area contributed by atoms with Gasteiger partial charge in [0.25, 0.3) is 0 Å². The lowest BCUT2D eigenvalue weighted by molar-refractivity contribution is -0.129. The number of para-hydroxylation sites is 1. The van der Waals surface area contributed by atoms with Crippen LogP contribution in [0, 0.1) is 0 Å². The van der Waals surface area contributed by atoms with Crippen LogP contribution in [0.3, 0.4) is 0 Å². The molecule has 6 nitrogen and oxygen atoms in total. The van der Waals surface area contributed by atoms with E-state index >= 15 is 0 Å². The fraction of sp³-hybridized carbons (Fsp3) is 0.300. The van der Waals surface area contributed by atoms with Crippen LogP contribution in [0.1, 0.15) is 36.7 Å². The lowest BCUT2D eigenvalue weighted by Crippen LogP contribution is -2.28. The van der Waals surface area contributed by atoms with Gasteiger partial charge in [-0.1, -0.05) is 38.6 Å². The SMILES string of the molecule is C=CC(=O)Nc1ccccc1CC(=O)N(C)Cc1cnc(C(C)C)nc1. The normalized spacial score (nSPS) is 10.5. The van der Waals surface area contributed by atoms with Crippen molar-refractivity contribution in [3.05, 3.63) is 66.3 Å². The van der Waals surface area contributed by atoms with E-state index in [2.05, 4.69) is 21.9 Å². The maximum Gasteiger partial charge on any atom is 0.247 e. The zero-order valence-corrected chi connectivity index (χ0v) is 15.4. The summed E-state index contributed by atoms with van der Waals surface area (Å²) in [6.45, 7) is 7.94. The highest BCUT2D eigenvalue weighted by Crippen LogP contribution is 2.17. The molecule has 1 N–H and O–H groups in total. The lowest BCUT2D eigenvalue weighted by atomic mass is 10.1. The van der Waals surface area contributed by atoms with Crippen LogP contribution in [0.2, 0.25) is 0 Å². The van der Waals surface area contributed by atoms with Gasteiger partial charge in [-0.05, 0) is 17.7 Å². The van der Waals surface area contributed by atoms with Gasteiger partial charge in [-0.3, -0.25) is 9.59 Å². The highest BCUT2D eigenvalue weighted by atomic mass is 16.2. The molecule has 1 aromatic heterocycles. The Morgan fingerprint density at radius 3 is 2.50 bits per heavy atom. The standard InChI is InChI=1S/C20H24N4O2/c1-5-18(25)23-17-9-7-6-8-16(17)10-19(26)24(4)13-15-11-21-20(14(2)3)22-12-15/h5-9,11-12,14H,1,10,13H2,2-4H3,(H,23,25). The Hall–Kier alpha value is -3.02. The Labute approximate surface area is 154 Å². The summed E-state index contributed by atoms with van der Waals surface area (Å²) in [6.07, 6.45) is 4.90. The number of likely N-dealkylation sites (N-methyl/N-ethyl adjacent to an activating group) is 1.